The summed E-state index contributed by atoms with van der Waals surface area (Å²) in [6.07, 6.45) is 2.09. The van der Waals surface area contributed by atoms with Crippen LogP contribution >= 0.6 is 0 Å². The summed E-state index contributed by atoms with van der Waals surface area (Å²) >= 11 is 0. The molecule has 2 nitrogen and oxygen atoms in total. The summed E-state index contributed by atoms with van der Waals surface area (Å²) in [6.45, 7) is 0. The quantitative estimate of drug-likeness (QED) is 0.344. The number of fused-ring (bicyclic) bond motifs is 5. The molecule has 0 bridgehead atoms. The third-order valence-electron chi connectivity index (χ3n) is 3.64. The van der Waals surface area contributed by atoms with Crippen molar-refractivity contribution in [2.75, 3.05) is 0 Å². The SMILES string of the molecule is C[n+]1cccc2c3c(ccc21)[nH]c1ccccc13.[I-]. The van der Waals surface area contributed by atoms with E-state index in [9.17, 15) is 0 Å². The zero-order valence-electron chi connectivity index (χ0n) is 10.5. The van der Waals surface area contributed by atoms with Crippen LogP contribution in [0, 0.1) is 0 Å². The number of aromatic amines is 1. The fraction of sp³-hybridized carbons (Fsp3) is 0.0625. The Bertz CT molecular complexity index is 893. The Morgan fingerprint density at radius 2 is 1.63 bits per heavy atom. The lowest BCUT2D eigenvalue weighted by atomic mass is 10.1. The topological polar surface area (TPSA) is 19.7 Å². The lowest BCUT2D eigenvalue weighted by molar-refractivity contribution is -0.644. The minimum Gasteiger partial charge on any atom is -1.00 e. The van der Waals surface area contributed by atoms with Gasteiger partial charge in [0.25, 0.3) is 0 Å². The normalized spacial score (nSPS) is 11.0. The van der Waals surface area contributed by atoms with Crippen LogP contribution in [0.25, 0.3) is 32.7 Å². The number of rotatable bonds is 0. The molecule has 4 rings (SSSR count). The zero-order chi connectivity index (χ0) is 12.1. The first-order valence-electron chi connectivity index (χ1n) is 6.12. The van der Waals surface area contributed by atoms with Gasteiger partial charge in [0.15, 0.2) is 6.20 Å². The average molecular weight is 360 g/mol. The van der Waals surface area contributed by atoms with Gasteiger partial charge in [0.05, 0.1) is 5.39 Å². The molecular formula is C16H13IN2. The van der Waals surface area contributed by atoms with Crippen molar-refractivity contribution >= 4 is 32.7 Å². The summed E-state index contributed by atoms with van der Waals surface area (Å²) in [5, 5.41) is 3.92. The van der Waals surface area contributed by atoms with Crippen LogP contribution in [-0.4, -0.2) is 4.98 Å². The maximum absolute atomic E-state index is 3.48. The molecule has 0 amide bonds. The first-order chi connectivity index (χ1) is 8.84. The molecule has 1 N–H and O–H groups in total. The molecule has 0 aliphatic carbocycles. The monoisotopic (exact) mass is 360 g/mol. The molecule has 3 heteroatoms. The summed E-state index contributed by atoms with van der Waals surface area (Å²) in [5.74, 6) is 0. The van der Waals surface area contributed by atoms with Crippen molar-refractivity contribution in [3.05, 3.63) is 54.7 Å². The van der Waals surface area contributed by atoms with Crippen LogP contribution in [0.3, 0.4) is 0 Å². The molecule has 94 valence electrons. The molecule has 0 atom stereocenters. The Hall–Kier alpha value is -1.62. The van der Waals surface area contributed by atoms with Crippen molar-refractivity contribution in [1.82, 2.24) is 4.98 Å². The van der Waals surface area contributed by atoms with Gasteiger partial charge in [-0.1, -0.05) is 18.2 Å². The smallest absolute Gasteiger partial charge is 0.213 e. The molecule has 2 aromatic heterocycles. The third-order valence-corrected chi connectivity index (χ3v) is 3.64. The van der Waals surface area contributed by atoms with E-state index in [-0.39, 0.29) is 24.0 Å². The van der Waals surface area contributed by atoms with Crippen LogP contribution in [0.15, 0.2) is 54.7 Å². The molecule has 0 spiro atoms. The number of nitrogens with zero attached hydrogens (tertiary/aromatic N) is 1. The Morgan fingerprint density at radius 3 is 2.53 bits per heavy atom. The molecule has 0 radical (unpaired) electrons. The molecule has 0 saturated carbocycles. The molecule has 4 aromatic rings. The van der Waals surface area contributed by atoms with E-state index in [0.29, 0.717) is 0 Å². The Labute approximate surface area is 128 Å². The van der Waals surface area contributed by atoms with E-state index in [1.165, 1.54) is 32.7 Å². The highest BCUT2D eigenvalue weighted by Gasteiger charge is 2.11. The molecule has 2 aromatic carbocycles. The van der Waals surface area contributed by atoms with E-state index in [1.807, 2.05) is 0 Å². The van der Waals surface area contributed by atoms with Crippen molar-refractivity contribution in [2.45, 2.75) is 0 Å². The van der Waals surface area contributed by atoms with Crippen LogP contribution in [0.5, 0.6) is 0 Å². The van der Waals surface area contributed by atoms with Gasteiger partial charge in [0.2, 0.25) is 5.52 Å². The van der Waals surface area contributed by atoms with Gasteiger partial charge in [-0.25, -0.2) is 4.57 Å². The van der Waals surface area contributed by atoms with Crippen LogP contribution in [0.4, 0.5) is 0 Å². The Morgan fingerprint density at radius 1 is 0.842 bits per heavy atom. The molecule has 2 heterocycles. The number of aryl methyl sites for hydroxylation is 1. The van der Waals surface area contributed by atoms with E-state index < -0.39 is 0 Å². The first kappa shape index (κ1) is 12.4. The van der Waals surface area contributed by atoms with Crippen molar-refractivity contribution in [1.29, 1.82) is 0 Å². The highest BCUT2D eigenvalue weighted by atomic mass is 127. The first-order valence-corrected chi connectivity index (χ1v) is 6.12. The fourth-order valence-corrected chi connectivity index (χ4v) is 2.78. The number of H-pyrrole nitrogens is 1. The summed E-state index contributed by atoms with van der Waals surface area (Å²) < 4.78 is 2.16. The number of aromatic nitrogens is 2. The Balaban J connectivity index is 0.00000110. The van der Waals surface area contributed by atoms with Crippen molar-refractivity contribution in [2.24, 2.45) is 7.05 Å². The average Bonchev–Trinajstić information content (AvgIpc) is 2.77. The van der Waals surface area contributed by atoms with Gasteiger partial charge in [-0.2, -0.15) is 0 Å². The minimum absolute atomic E-state index is 0. The van der Waals surface area contributed by atoms with Gasteiger partial charge in [-0.15, -0.1) is 0 Å². The van der Waals surface area contributed by atoms with Crippen LogP contribution in [0.2, 0.25) is 0 Å². The Kier molecular flexibility index (Phi) is 2.93. The van der Waals surface area contributed by atoms with Crippen molar-refractivity contribution < 1.29 is 28.5 Å². The highest BCUT2D eigenvalue weighted by molar-refractivity contribution is 6.18. The second-order valence-corrected chi connectivity index (χ2v) is 4.71. The fourth-order valence-electron chi connectivity index (χ4n) is 2.78. The summed E-state index contributed by atoms with van der Waals surface area (Å²) in [6, 6.07) is 17.1. The number of nitrogens with one attached hydrogen (secondary N) is 1. The highest BCUT2D eigenvalue weighted by Crippen LogP contribution is 2.30. The molecule has 19 heavy (non-hydrogen) atoms. The third kappa shape index (κ3) is 1.72. The number of benzene rings is 2. The lowest BCUT2D eigenvalue weighted by Crippen LogP contribution is -3.00. The van der Waals surface area contributed by atoms with E-state index in [4.69, 9.17) is 0 Å². The number of pyridine rings is 1. The molecule has 0 fully saturated rings. The van der Waals surface area contributed by atoms with Crippen LogP contribution in [-0.2, 0) is 7.05 Å². The zero-order valence-corrected chi connectivity index (χ0v) is 12.7. The van der Waals surface area contributed by atoms with Crippen LogP contribution in [0.1, 0.15) is 0 Å². The minimum atomic E-state index is 0. The van der Waals surface area contributed by atoms with Gasteiger partial charge in [-0.3, -0.25) is 0 Å². The van der Waals surface area contributed by atoms with Crippen molar-refractivity contribution in [3.63, 3.8) is 0 Å². The summed E-state index contributed by atoms with van der Waals surface area (Å²) in [4.78, 5) is 3.48. The van der Waals surface area contributed by atoms with Crippen LogP contribution < -0.4 is 28.5 Å². The van der Waals surface area contributed by atoms with Gasteiger partial charge < -0.3 is 29.0 Å². The predicted octanol–water partition coefficient (Wildman–Crippen LogP) is 0.303. The summed E-state index contributed by atoms with van der Waals surface area (Å²) in [5.41, 5.74) is 3.66. The second kappa shape index (κ2) is 4.49. The largest absolute Gasteiger partial charge is 1.00 e. The predicted molar refractivity (Wildman–Crippen MR) is 74.5 cm³/mol. The molecule has 0 unspecified atom stereocenters. The standard InChI is InChI=1S/C16H12N2.HI/c1-18-10-4-6-12-15(18)9-8-14-16(12)11-5-2-3-7-13(11)17-14;/h2-10H,1H3;1H. The van der Waals surface area contributed by atoms with Gasteiger partial charge in [0.1, 0.15) is 7.05 Å². The van der Waals surface area contributed by atoms with E-state index in [0.717, 1.165) is 0 Å². The number of para-hydroxylation sites is 1. The molecule has 0 aliphatic heterocycles. The second-order valence-electron chi connectivity index (χ2n) is 4.71. The molecular weight excluding hydrogens is 347 g/mol. The van der Waals surface area contributed by atoms with Gasteiger partial charge >= 0.3 is 0 Å². The number of halogens is 1. The van der Waals surface area contributed by atoms with Gasteiger partial charge in [-0.05, 0) is 18.2 Å². The van der Waals surface area contributed by atoms with Gasteiger partial charge in [0, 0.05) is 33.9 Å². The maximum Gasteiger partial charge on any atom is 0.213 e. The van der Waals surface area contributed by atoms with E-state index in [2.05, 4.69) is 71.3 Å². The van der Waals surface area contributed by atoms with E-state index in [1.54, 1.807) is 0 Å². The van der Waals surface area contributed by atoms with E-state index >= 15 is 0 Å². The summed E-state index contributed by atoms with van der Waals surface area (Å²) in [7, 11) is 2.09. The number of hydrogen-bond acceptors (Lipinski definition) is 0. The molecule has 0 aliphatic rings. The van der Waals surface area contributed by atoms with Crippen molar-refractivity contribution in [3.8, 4) is 0 Å². The lowest BCUT2D eigenvalue weighted by Gasteiger charge is -1.98. The number of hydrogen-bond donors (Lipinski definition) is 1. The maximum atomic E-state index is 3.48. The molecule has 0 saturated heterocycles.